The van der Waals surface area contributed by atoms with Gasteiger partial charge in [0.1, 0.15) is 0 Å². The van der Waals surface area contributed by atoms with Crippen LogP contribution in [0.3, 0.4) is 0 Å². The summed E-state index contributed by atoms with van der Waals surface area (Å²) in [6.07, 6.45) is 0. The molecule has 0 aliphatic rings. The van der Waals surface area contributed by atoms with E-state index in [1.54, 1.807) is 12.1 Å². The molecule has 0 saturated heterocycles. The highest BCUT2D eigenvalue weighted by Crippen LogP contribution is 2.20. The van der Waals surface area contributed by atoms with Crippen molar-refractivity contribution < 1.29 is 19.3 Å². The number of ether oxygens (including phenoxy) is 1. The minimum Gasteiger partial charge on any atom is -0.382 e. The molecule has 0 aliphatic carbocycles. The third-order valence-electron chi connectivity index (χ3n) is 1.99. The van der Waals surface area contributed by atoms with Gasteiger partial charge in [-0.25, -0.2) is 5.48 Å². The van der Waals surface area contributed by atoms with Gasteiger partial charge in [0.2, 0.25) is 0 Å². The lowest BCUT2D eigenvalue weighted by molar-refractivity contribution is -0.384. The van der Waals surface area contributed by atoms with Crippen LogP contribution in [-0.4, -0.2) is 36.9 Å². The third kappa shape index (κ3) is 6.18. The van der Waals surface area contributed by atoms with Gasteiger partial charge in [-0.05, 0) is 12.1 Å². The van der Waals surface area contributed by atoms with Crippen LogP contribution in [0.1, 0.15) is 0 Å². The zero-order valence-electron chi connectivity index (χ0n) is 10.3. The lowest BCUT2D eigenvalue weighted by Gasteiger charge is -2.05. The number of thioether (sulfide) groups is 1. The summed E-state index contributed by atoms with van der Waals surface area (Å²) in [7, 11) is 1.54. The van der Waals surface area contributed by atoms with Gasteiger partial charge in [-0.1, -0.05) is 0 Å². The Labute approximate surface area is 114 Å². The second-order valence-electron chi connectivity index (χ2n) is 3.41. The second-order valence-corrected chi connectivity index (χ2v) is 4.45. The molecule has 0 aliphatic heterocycles. The van der Waals surface area contributed by atoms with Crippen molar-refractivity contribution in [2.45, 2.75) is 4.90 Å². The van der Waals surface area contributed by atoms with Crippen LogP contribution in [0.5, 0.6) is 0 Å². The number of rotatable bonds is 8. The monoisotopic (exact) mass is 286 g/mol. The first kappa shape index (κ1) is 15.4. The maximum absolute atomic E-state index is 11.3. The lowest BCUT2D eigenvalue weighted by Crippen LogP contribution is -2.26. The van der Waals surface area contributed by atoms with Crippen LogP contribution in [0.15, 0.2) is 29.2 Å². The molecule has 1 rings (SSSR count). The molecule has 0 unspecified atom stereocenters. The Morgan fingerprint density at radius 3 is 2.63 bits per heavy atom. The van der Waals surface area contributed by atoms with E-state index in [4.69, 9.17) is 9.57 Å². The first-order chi connectivity index (χ1) is 9.13. The van der Waals surface area contributed by atoms with E-state index < -0.39 is 4.92 Å². The second kappa shape index (κ2) is 8.46. The van der Waals surface area contributed by atoms with Crippen molar-refractivity contribution in [3.63, 3.8) is 0 Å². The van der Waals surface area contributed by atoms with E-state index in [0.29, 0.717) is 6.61 Å². The van der Waals surface area contributed by atoms with Crippen molar-refractivity contribution in [2.24, 2.45) is 0 Å². The zero-order chi connectivity index (χ0) is 14.1. The van der Waals surface area contributed by atoms with Gasteiger partial charge in [0.05, 0.1) is 23.9 Å². The SMILES string of the molecule is COCCONC(=O)CSc1ccc([N+](=O)[O-])cc1. The molecular weight excluding hydrogens is 272 g/mol. The summed E-state index contributed by atoms with van der Waals surface area (Å²) < 4.78 is 4.75. The summed E-state index contributed by atoms with van der Waals surface area (Å²) in [5, 5.41) is 10.5. The number of nitrogens with zero attached hydrogens (tertiary/aromatic N) is 1. The number of methoxy groups -OCH3 is 1. The number of hydrogen-bond acceptors (Lipinski definition) is 6. The number of carbonyl (C=O) groups is 1. The van der Waals surface area contributed by atoms with Crippen molar-refractivity contribution >= 4 is 23.4 Å². The van der Waals surface area contributed by atoms with Crippen LogP contribution >= 0.6 is 11.8 Å². The van der Waals surface area contributed by atoms with Crippen LogP contribution in [-0.2, 0) is 14.4 Å². The molecule has 0 saturated carbocycles. The van der Waals surface area contributed by atoms with Gasteiger partial charge in [0.25, 0.3) is 11.6 Å². The van der Waals surface area contributed by atoms with Crippen LogP contribution in [0.4, 0.5) is 5.69 Å². The fourth-order valence-corrected chi connectivity index (χ4v) is 1.78. The molecule has 0 heterocycles. The summed E-state index contributed by atoms with van der Waals surface area (Å²) in [4.78, 5) is 27.0. The highest BCUT2D eigenvalue weighted by molar-refractivity contribution is 8.00. The van der Waals surface area contributed by atoms with Crippen LogP contribution < -0.4 is 5.48 Å². The number of non-ortho nitro benzene ring substituents is 1. The minimum atomic E-state index is -0.467. The van der Waals surface area contributed by atoms with Gasteiger partial charge < -0.3 is 4.74 Å². The predicted molar refractivity (Wildman–Crippen MR) is 69.8 cm³/mol. The van der Waals surface area contributed by atoms with E-state index in [1.165, 1.54) is 31.0 Å². The Hall–Kier alpha value is -1.64. The van der Waals surface area contributed by atoms with Crippen molar-refractivity contribution in [3.8, 4) is 0 Å². The third-order valence-corrected chi connectivity index (χ3v) is 3.01. The Bertz CT molecular complexity index is 424. The average molecular weight is 286 g/mol. The summed E-state index contributed by atoms with van der Waals surface area (Å²) in [6.45, 7) is 0.681. The summed E-state index contributed by atoms with van der Waals surface area (Å²) in [6, 6.07) is 5.99. The van der Waals surface area contributed by atoms with Gasteiger partial charge in [-0.3, -0.25) is 19.7 Å². The van der Waals surface area contributed by atoms with E-state index in [1.807, 2.05) is 0 Å². The maximum atomic E-state index is 11.3. The van der Waals surface area contributed by atoms with E-state index in [2.05, 4.69) is 5.48 Å². The summed E-state index contributed by atoms with van der Waals surface area (Å²) in [5.41, 5.74) is 2.29. The highest BCUT2D eigenvalue weighted by atomic mass is 32.2. The van der Waals surface area contributed by atoms with Gasteiger partial charge >= 0.3 is 0 Å². The van der Waals surface area contributed by atoms with Crippen molar-refractivity contribution in [2.75, 3.05) is 26.1 Å². The molecule has 19 heavy (non-hydrogen) atoms. The Morgan fingerprint density at radius 1 is 1.37 bits per heavy atom. The Balaban J connectivity index is 2.28. The Morgan fingerprint density at radius 2 is 2.05 bits per heavy atom. The molecule has 7 nitrogen and oxygen atoms in total. The molecule has 0 spiro atoms. The number of amides is 1. The van der Waals surface area contributed by atoms with E-state index in [0.717, 1.165) is 4.90 Å². The Kier molecular flexibility index (Phi) is 6.86. The van der Waals surface area contributed by atoms with Crippen LogP contribution in [0, 0.1) is 10.1 Å². The molecule has 1 amide bonds. The molecule has 1 N–H and O–H groups in total. The highest BCUT2D eigenvalue weighted by Gasteiger charge is 2.06. The zero-order valence-corrected chi connectivity index (χ0v) is 11.1. The molecule has 8 heteroatoms. The molecule has 0 atom stereocenters. The van der Waals surface area contributed by atoms with E-state index >= 15 is 0 Å². The molecule has 0 radical (unpaired) electrons. The van der Waals surface area contributed by atoms with Crippen molar-refractivity contribution in [1.29, 1.82) is 0 Å². The topological polar surface area (TPSA) is 90.7 Å². The number of hydrogen-bond donors (Lipinski definition) is 1. The van der Waals surface area contributed by atoms with Crippen LogP contribution in [0.2, 0.25) is 0 Å². The number of nitro benzene ring substituents is 1. The van der Waals surface area contributed by atoms with E-state index in [9.17, 15) is 14.9 Å². The van der Waals surface area contributed by atoms with Gasteiger partial charge in [0, 0.05) is 24.1 Å². The standard InChI is InChI=1S/C11H14N2O5S/c1-17-6-7-18-12-11(14)8-19-10-4-2-9(3-5-10)13(15)16/h2-5H,6-8H2,1H3,(H,12,14). The molecule has 104 valence electrons. The largest absolute Gasteiger partial charge is 0.382 e. The first-order valence-corrected chi connectivity index (χ1v) is 6.39. The number of nitro groups is 1. The maximum Gasteiger partial charge on any atom is 0.269 e. The summed E-state index contributed by atoms with van der Waals surface area (Å²) in [5.74, 6) is -0.107. The number of hydroxylamine groups is 1. The molecule has 0 aromatic heterocycles. The smallest absolute Gasteiger partial charge is 0.269 e. The first-order valence-electron chi connectivity index (χ1n) is 5.40. The van der Waals surface area contributed by atoms with E-state index in [-0.39, 0.29) is 24.0 Å². The minimum absolute atomic E-state index is 0.0247. The molecule has 1 aromatic carbocycles. The molecule has 0 fully saturated rings. The van der Waals surface area contributed by atoms with Crippen molar-refractivity contribution in [1.82, 2.24) is 5.48 Å². The molecule has 1 aromatic rings. The summed E-state index contributed by atoms with van der Waals surface area (Å²) >= 11 is 1.27. The fraction of sp³-hybridized carbons (Fsp3) is 0.364. The van der Waals surface area contributed by atoms with Crippen LogP contribution in [0.25, 0.3) is 0 Å². The molecule has 0 bridgehead atoms. The quantitative estimate of drug-likeness (QED) is 0.336. The van der Waals surface area contributed by atoms with Gasteiger partial charge in [0.15, 0.2) is 0 Å². The lowest BCUT2D eigenvalue weighted by atomic mass is 10.3. The molecular formula is C11H14N2O5S. The van der Waals surface area contributed by atoms with Gasteiger partial charge in [-0.2, -0.15) is 0 Å². The number of nitrogens with one attached hydrogen (secondary N) is 1. The normalized spacial score (nSPS) is 10.2. The predicted octanol–water partition coefficient (Wildman–Crippen LogP) is 1.38. The van der Waals surface area contributed by atoms with Crippen molar-refractivity contribution in [3.05, 3.63) is 34.4 Å². The number of carbonyl (C=O) groups excluding carboxylic acids is 1. The average Bonchev–Trinajstić information content (AvgIpc) is 2.42. The number of benzene rings is 1. The van der Waals surface area contributed by atoms with Gasteiger partial charge in [-0.15, -0.1) is 11.8 Å². The fourth-order valence-electron chi connectivity index (χ4n) is 1.10.